The van der Waals surface area contributed by atoms with Crippen LogP contribution < -0.4 is 15.0 Å². The summed E-state index contributed by atoms with van der Waals surface area (Å²) in [5, 5.41) is 34.1. The van der Waals surface area contributed by atoms with Crippen LogP contribution in [0.4, 0.5) is 17.1 Å². The zero-order valence-electron chi connectivity index (χ0n) is 23.4. The van der Waals surface area contributed by atoms with Crippen molar-refractivity contribution in [2.75, 3.05) is 4.90 Å². The highest BCUT2D eigenvalue weighted by molar-refractivity contribution is 7.80. The molecule has 1 aliphatic heterocycles. The van der Waals surface area contributed by atoms with Crippen molar-refractivity contribution in [2.45, 2.75) is 13.8 Å². The molecule has 1 saturated heterocycles. The van der Waals surface area contributed by atoms with Crippen LogP contribution in [0.25, 0.3) is 11.8 Å². The monoisotopic (exact) mass is 627 g/mol. The van der Waals surface area contributed by atoms with Gasteiger partial charge in [-0.3, -0.25) is 40.0 Å². The van der Waals surface area contributed by atoms with Gasteiger partial charge in [0, 0.05) is 23.1 Å². The first-order chi connectivity index (χ1) is 21.3. The lowest BCUT2D eigenvalue weighted by atomic mass is 10.1. The summed E-state index contributed by atoms with van der Waals surface area (Å²) in [5.41, 5.74) is 1.57. The van der Waals surface area contributed by atoms with E-state index in [0.717, 1.165) is 28.8 Å². The number of benzene rings is 3. The quantitative estimate of drug-likeness (QED) is 0.0861. The smallest absolute Gasteiger partial charge is 0.335 e. The molecule has 0 aliphatic carbocycles. The third-order valence-corrected chi connectivity index (χ3v) is 7.18. The minimum Gasteiger partial charge on any atom is -0.478 e. The summed E-state index contributed by atoms with van der Waals surface area (Å²) in [4.78, 5) is 59.8. The van der Waals surface area contributed by atoms with Crippen LogP contribution in [0.3, 0.4) is 0 Å². The van der Waals surface area contributed by atoms with E-state index in [2.05, 4.69) is 5.32 Å². The number of nitro groups is 2. The number of anilines is 1. The molecule has 226 valence electrons. The first-order valence-electron chi connectivity index (χ1n) is 13.0. The molecule has 2 amide bonds. The molecule has 15 heteroatoms. The standard InChI is InChI=1S/C30H21N5O9S/c1-16-12-19(14-24-27(36)31-30(45)33(28(24)37)21-5-3-4-18(13-21)29(38)39)17(2)32(16)20-6-9-23(10-7-20)44-26-11-8-22(34(40)41)15-25(26)35(42)43/h3-15H,1-2H3,(H,38,39)(H,31,36,45). The predicted molar refractivity (Wildman–Crippen MR) is 165 cm³/mol. The van der Waals surface area contributed by atoms with Crippen molar-refractivity contribution in [3.8, 4) is 17.2 Å². The number of nitrogens with zero attached hydrogens (tertiary/aromatic N) is 4. The van der Waals surface area contributed by atoms with E-state index in [-0.39, 0.29) is 33.4 Å². The molecule has 5 rings (SSSR count). The normalized spacial score (nSPS) is 14.0. The molecular formula is C30H21N5O9S. The Morgan fingerprint density at radius 2 is 1.67 bits per heavy atom. The maximum atomic E-state index is 13.5. The summed E-state index contributed by atoms with van der Waals surface area (Å²) in [6, 6.07) is 17.0. The van der Waals surface area contributed by atoms with Crippen molar-refractivity contribution < 1.29 is 34.1 Å². The van der Waals surface area contributed by atoms with Gasteiger partial charge >= 0.3 is 11.7 Å². The molecule has 2 N–H and O–H groups in total. The first kappa shape index (κ1) is 30.2. The molecule has 1 aromatic heterocycles. The van der Waals surface area contributed by atoms with Gasteiger partial charge < -0.3 is 14.4 Å². The number of carbonyl (C=O) groups is 3. The number of rotatable bonds is 8. The van der Waals surface area contributed by atoms with Crippen LogP contribution in [-0.4, -0.2) is 42.4 Å². The molecule has 45 heavy (non-hydrogen) atoms. The van der Waals surface area contributed by atoms with E-state index in [1.165, 1.54) is 30.3 Å². The fourth-order valence-corrected chi connectivity index (χ4v) is 5.08. The van der Waals surface area contributed by atoms with Gasteiger partial charge in [-0.05, 0) is 92.3 Å². The summed E-state index contributed by atoms with van der Waals surface area (Å²) in [7, 11) is 0. The summed E-state index contributed by atoms with van der Waals surface area (Å²) in [6.07, 6.45) is 1.43. The van der Waals surface area contributed by atoms with Crippen LogP contribution in [0, 0.1) is 34.1 Å². The van der Waals surface area contributed by atoms with Gasteiger partial charge in [0.1, 0.15) is 11.3 Å². The van der Waals surface area contributed by atoms with Crippen molar-refractivity contribution in [2.24, 2.45) is 0 Å². The first-order valence-corrected chi connectivity index (χ1v) is 13.4. The van der Waals surface area contributed by atoms with Gasteiger partial charge in [0.05, 0.1) is 27.2 Å². The van der Waals surface area contributed by atoms with Gasteiger partial charge in [-0.25, -0.2) is 4.79 Å². The number of amides is 2. The maximum Gasteiger partial charge on any atom is 0.335 e. The number of ether oxygens (including phenoxy) is 1. The summed E-state index contributed by atoms with van der Waals surface area (Å²) in [5.74, 6) is -2.54. The van der Waals surface area contributed by atoms with E-state index in [0.29, 0.717) is 16.9 Å². The average Bonchev–Trinajstić information content (AvgIpc) is 3.27. The second kappa shape index (κ2) is 11.8. The summed E-state index contributed by atoms with van der Waals surface area (Å²) >= 11 is 5.22. The Labute approximate surface area is 259 Å². The lowest BCUT2D eigenvalue weighted by Gasteiger charge is -2.29. The Morgan fingerprint density at radius 1 is 0.956 bits per heavy atom. The summed E-state index contributed by atoms with van der Waals surface area (Å²) in [6.45, 7) is 3.61. The second-order valence-electron chi connectivity index (χ2n) is 9.74. The van der Waals surface area contributed by atoms with E-state index < -0.39 is 39.0 Å². The Hall–Kier alpha value is -6.22. The zero-order chi connectivity index (χ0) is 32.6. The van der Waals surface area contributed by atoms with Crippen LogP contribution in [0.15, 0.2) is 78.4 Å². The van der Waals surface area contributed by atoms with Crippen molar-refractivity contribution >= 4 is 58.3 Å². The van der Waals surface area contributed by atoms with Crippen LogP contribution in [0.5, 0.6) is 11.5 Å². The Balaban J connectivity index is 1.43. The number of aromatic nitrogens is 1. The van der Waals surface area contributed by atoms with Crippen molar-refractivity contribution in [1.82, 2.24) is 9.88 Å². The molecule has 0 bridgehead atoms. The number of carboxylic acids is 1. The van der Waals surface area contributed by atoms with Gasteiger partial charge in [-0.15, -0.1) is 0 Å². The van der Waals surface area contributed by atoms with Gasteiger partial charge in [0.25, 0.3) is 17.5 Å². The highest BCUT2D eigenvalue weighted by Crippen LogP contribution is 2.35. The van der Waals surface area contributed by atoms with Gasteiger partial charge in [0.15, 0.2) is 5.11 Å². The Kier molecular flexibility index (Phi) is 7.94. The number of nitrogens with one attached hydrogen (secondary N) is 1. The topological polar surface area (TPSA) is 187 Å². The number of aryl methyl sites for hydroxylation is 1. The fraction of sp³-hybridized carbons (Fsp3) is 0.0667. The Bertz CT molecular complexity index is 1980. The number of nitro benzene ring substituents is 2. The lowest BCUT2D eigenvalue weighted by Crippen LogP contribution is -2.54. The highest BCUT2D eigenvalue weighted by Gasteiger charge is 2.35. The largest absolute Gasteiger partial charge is 0.478 e. The van der Waals surface area contributed by atoms with Gasteiger partial charge in [-0.2, -0.15) is 0 Å². The SMILES string of the molecule is Cc1cc(C=C2C(=O)NC(=S)N(c3cccc(C(=O)O)c3)C2=O)c(C)n1-c1ccc(Oc2ccc([N+](=O)[O-])cc2[N+](=O)[O-])cc1. The van der Waals surface area contributed by atoms with Gasteiger partial charge in [0.2, 0.25) is 5.75 Å². The fourth-order valence-electron chi connectivity index (χ4n) is 4.80. The van der Waals surface area contributed by atoms with Crippen LogP contribution in [0.2, 0.25) is 0 Å². The van der Waals surface area contributed by atoms with Crippen molar-refractivity contribution in [1.29, 1.82) is 0 Å². The number of hydrogen-bond donors (Lipinski definition) is 2. The number of non-ortho nitro benzene ring substituents is 1. The number of carboxylic acid groups (broad SMARTS) is 1. The molecule has 4 aromatic rings. The average molecular weight is 628 g/mol. The molecule has 0 atom stereocenters. The maximum absolute atomic E-state index is 13.5. The third kappa shape index (κ3) is 5.87. The molecule has 2 heterocycles. The molecule has 1 aliphatic rings. The molecule has 3 aromatic carbocycles. The molecule has 0 saturated carbocycles. The minimum absolute atomic E-state index is 0.0588. The van der Waals surface area contributed by atoms with E-state index in [1.807, 2.05) is 11.5 Å². The molecule has 0 spiro atoms. The summed E-state index contributed by atoms with van der Waals surface area (Å²) < 4.78 is 7.50. The molecule has 0 radical (unpaired) electrons. The van der Waals surface area contributed by atoms with E-state index in [9.17, 15) is 39.7 Å². The second-order valence-corrected chi connectivity index (χ2v) is 10.1. The molecule has 1 fully saturated rings. The number of aromatic carboxylic acids is 1. The van der Waals surface area contributed by atoms with Crippen molar-refractivity contribution in [3.05, 3.63) is 121 Å². The van der Waals surface area contributed by atoms with E-state index in [4.69, 9.17) is 17.0 Å². The predicted octanol–water partition coefficient (Wildman–Crippen LogP) is 5.23. The number of hydrogen-bond acceptors (Lipinski definition) is 9. The third-order valence-electron chi connectivity index (χ3n) is 6.90. The van der Waals surface area contributed by atoms with Gasteiger partial charge in [-0.1, -0.05) is 6.07 Å². The lowest BCUT2D eigenvalue weighted by molar-refractivity contribution is -0.394. The molecular weight excluding hydrogens is 606 g/mol. The molecule has 0 unspecified atom stereocenters. The zero-order valence-corrected chi connectivity index (χ0v) is 24.2. The van der Waals surface area contributed by atoms with E-state index in [1.54, 1.807) is 37.3 Å². The van der Waals surface area contributed by atoms with E-state index >= 15 is 0 Å². The van der Waals surface area contributed by atoms with Crippen LogP contribution in [-0.2, 0) is 9.59 Å². The van der Waals surface area contributed by atoms with Crippen LogP contribution in [0.1, 0.15) is 27.3 Å². The highest BCUT2D eigenvalue weighted by atomic mass is 32.1. The van der Waals surface area contributed by atoms with Crippen LogP contribution >= 0.6 is 12.2 Å². The minimum atomic E-state index is -1.19. The molecule has 14 nitrogen and oxygen atoms in total. The number of thiocarbonyl (C=S) groups is 1. The number of carbonyl (C=O) groups excluding carboxylic acids is 2. The Morgan fingerprint density at radius 3 is 2.31 bits per heavy atom. The van der Waals surface area contributed by atoms with Crippen molar-refractivity contribution in [3.63, 3.8) is 0 Å².